The molecule has 1 N–H and O–H groups in total. The molecule has 0 bridgehead atoms. The van der Waals surface area contributed by atoms with Crippen LogP contribution < -0.4 is 10.1 Å². The first-order chi connectivity index (χ1) is 17.0. The molecule has 0 spiro atoms. The SMILES string of the molecule is CCCOC(=O)C1=C(C)Nc2nc(SCC)nn2C1c1ccc(OCC(=O)N2CCOCC2)cc1. The van der Waals surface area contributed by atoms with Gasteiger partial charge in [0.05, 0.1) is 25.4 Å². The van der Waals surface area contributed by atoms with Crippen LogP contribution in [-0.4, -0.2) is 76.8 Å². The standard InChI is InChI=1S/C24H31N5O5S/c1-4-12-33-22(31)20-16(3)25-23-26-24(35-5-2)27-29(23)21(20)17-6-8-18(9-7-17)34-15-19(30)28-10-13-32-14-11-28/h6-9,21H,4-5,10-15H2,1-3H3,(H,25,26,27). The molecule has 1 unspecified atom stereocenters. The van der Waals surface area contributed by atoms with Crippen molar-refractivity contribution >= 4 is 29.6 Å². The molecule has 1 aromatic carbocycles. The minimum atomic E-state index is -0.502. The number of nitrogens with zero attached hydrogens (tertiary/aromatic N) is 4. The number of ether oxygens (including phenoxy) is 3. The van der Waals surface area contributed by atoms with Gasteiger partial charge in [-0.25, -0.2) is 9.48 Å². The van der Waals surface area contributed by atoms with E-state index >= 15 is 0 Å². The molecule has 10 nitrogen and oxygen atoms in total. The average molecular weight is 502 g/mol. The molecule has 188 valence electrons. The van der Waals surface area contributed by atoms with E-state index in [2.05, 4.69) is 15.4 Å². The molecule has 2 aliphatic rings. The lowest BCUT2D eigenvalue weighted by Gasteiger charge is -2.28. The summed E-state index contributed by atoms with van der Waals surface area (Å²) in [5.41, 5.74) is 2.00. The third-order valence-electron chi connectivity index (χ3n) is 5.69. The maximum absolute atomic E-state index is 13.0. The number of fused-ring (bicyclic) bond motifs is 1. The number of nitrogens with one attached hydrogen (secondary N) is 1. The maximum Gasteiger partial charge on any atom is 0.338 e. The number of carbonyl (C=O) groups excluding carboxylic acids is 2. The molecule has 4 rings (SSSR count). The van der Waals surface area contributed by atoms with E-state index in [1.807, 2.05) is 32.9 Å². The van der Waals surface area contributed by atoms with Crippen molar-refractivity contribution in [1.82, 2.24) is 19.7 Å². The number of allylic oxidation sites excluding steroid dienone is 1. The van der Waals surface area contributed by atoms with Gasteiger partial charge in [0.1, 0.15) is 11.8 Å². The van der Waals surface area contributed by atoms with Crippen molar-refractivity contribution in [3.8, 4) is 5.75 Å². The number of amides is 1. The lowest BCUT2D eigenvalue weighted by Crippen LogP contribution is -2.42. The van der Waals surface area contributed by atoms with E-state index in [1.165, 1.54) is 11.8 Å². The Morgan fingerprint density at radius 1 is 1.20 bits per heavy atom. The van der Waals surface area contributed by atoms with E-state index < -0.39 is 6.04 Å². The number of hydrogen-bond acceptors (Lipinski definition) is 9. The number of hydrogen-bond donors (Lipinski definition) is 1. The smallest absolute Gasteiger partial charge is 0.338 e. The second-order valence-electron chi connectivity index (χ2n) is 8.15. The predicted octanol–water partition coefficient (Wildman–Crippen LogP) is 2.87. The molecule has 1 amide bonds. The van der Waals surface area contributed by atoms with Gasteiger partial charge in [-0.2, -0.15) is 4.98 Å². The Balaban J connectivity index is 1.56. The van der Waals surface area contributed by atoms with Crippen molar-refractivity contribution in [3.05, 3.63) is 41.1 Å². The number of thioether (sulfide) groups is 1. The number of morpholine rings is 1. The molecule has 35 heavy (non-hydrogen) atoms. The van der Waals surface area contributed by atoms with Gasteiger partial charge in [-0.05, 0) is 36.8 Å². The average Bonchev–Trinajstić information content (AvgIpc) is 3.28. The van der Waals surface area contributed by atoms with Crippen LogP contribution >= 0.6 is 11.8 Å². The van der Waals surface area contributed by atoms with E-state index in [-0.39, 0.29) is 18.5 Å². The van der Waals surface area contributed by atoms with E-state index in [0.29, 0.717) is 61.0 Å². The second kappa shape index (κ2) is 11.6. The summed E-state index contributed by atoms with van der Waals surface area (Å²) in [6.07, 6.45) is 0.733. The zero-order valence-corrected chi connectivity index (χ0v) is 21.1. The number of rotatable bonds is 9. The van der Waals surface area contributed by atoms with E-state index in [4.69, 9.17) is 14.2 Å². The Bertz CT molecular complexity index is 1080. The van der Waals surface area contributed by atoms with Crippen molar-refractivity contribution in [3.63, 3.8) is 0 Å². The minimum Gasteiger partial charge on any atom is -0.484 e. The van der Waals surface area contributed by atoms with Crippen molar-refractivity contribution in [2.45, 2.75) is 38.4 Å². The summed E-state index contributed by atoms with van der Waals surface area (Å²) in [4.78, 5) is 31.7. The Hall–Kier alpha value is -3.05. The lowest BCUT2D eigenvalue weighted by atomic mass is 9.96. The lowest BCUT2D eigenvalue weighted by molar-refractivity contribution is -0.139. The minimum absolute atomic E-state index is 0.0366. The summed E-state index contributed by atoms with van der Waals surface area (Å²) < 4.78 is 18.2. The first-order valence-corrected chi connectivity index (χ1v) is 12.8. The molecule has 1 saturated heterocycles. The molecule has 2 aromatic rings. The zero-order chi connectivity index (χ0) is 24.8. The van der Waals surface area contributed by atoms with Gasteiger partial charge >= 0.3 is 5.97 Å². The predicted molar refractivity (Wildman–Crippen MR) is 131 cm³/mol. The Labute approximate surface area is 209 Å². The van der Waals surface area contributed by atoms with Crippen LogP contribution in [0.4, 0.5) is 5.95 Å². The molecular formula is C24H31N5O5S. The quantitative estimate of drug-likeness (QED) is 0.410. The molecule has 0 radical (unpaired) electrons. The fourth-order valence-electron chi connectivity index (χ4n) is 3.96. The van der Waals surface area contributed by atoms with Crippen LogP contribution in [-0.2, 0) is 19.1 Å². The van der Waals surface area contributed by atoms with Gasteiger partial charge in [0.25, 0.3) is 5.91 Å². The zero-order valence-electron chi connectivity index (χ0n) is 20.3. The number of carbonyl (C=O) groups is 2. The second-order valence-corrected chi connectivity index (χ2v) is 9.38. The summed E-state index contributed by atoms with van der Waals surface area (Å²) in [7, 11) is 0. The van der Waals surface area contributed by atoms with Crippen LogP contribution in [0, 0.1) is 0 Å². The molecule has 0 saturated carbocycles. The topological polar surface area (TPSA) is 108 Å². The largest absolute Gasteiger partial charge is 0.484 e. The van der Waals surface area contributed by atoms with Gasteiger partial charge in [-0.3, -0.25) is 4.79 Å². The first kappa shape index (κ1) is 25.1. The van der Waals surface area contributed by atoms with E-state index in [1.54, 1.807) is 21.7 Å². The van der Waals surface area contributed by atoms with Crippen LogP contribution in [0.25, 0.3) is 0 Å². The number of anilines is 1. The third kappa shape index (κ3) is 5.79. The molecule has 1 fully saturated rings. The molecule has 11 heteroatoms. The van der Waals surface area contributed by atoms with Crippen molar-refractivity contribution in [2.75, 3.05) is 50.6 Å². The highest BCUT2D eigenvalue weighted by atomic mass is 32.2. The van der Waals surface area contributed by atoms with Crippen LogP contribution in [0.15, 0.2) is 40.7 Å². The van der Waals surface area contributed by atoms with Gasteiger partial charge in [0.15, 0.2) is 6.61 Å². The number of aromatic nitrogens is 3. The Kier molecular flexibility index (Phi) is 8.29. The molecule has 0 aliphatic carbocycles. The van der Waals surface area contributed by atoms with Crippen LogP contribution in [0.2, 0.25) is 0 Å². The number of benzene rings is 1. The van der Waals surface area contributed by atoms with E-state index in [9.17, 15) is 9.59 Å². The van der Waals surface area contributed by atoms with Crippen molar-refractivity contribution in [1.29, 1.82) is 0 Å². The number of esters is 1. The van der Waals surface area contributed by atoms with Gasteiger partial charge in [-0.15, -0.1) is 5.10 Å². The Morgan fingerprint density at radius 2 is 1.94 bits per heavy atom. The van der Waals surface area contributed by atoms with Gasteiger partial charge < -0.3 is 24.4 Å². The molecule has 1 atom stereocenters. The van der Waals surface area contributed by atoms with Crippen LogP contribution in [0.3, 0.4) is 0 Å². The molecule has 2 aliphatic heterocycles. The molecule has 1 aromatic heterocycles. The van der Waals surface area contributed by atoms with Gasteiger partial charge in [0, 0.05) is 18.8 Å². The normalized spacial score (nSPS) is 17.6. The summed E-state index contributed by atoms with van der Waals surface area (Å²) in [5.74, 6) is 1.53. The first-order valence-electron chi connectivity index (χ1n) is 11.8. The van der Waals surface area contributed by atoms with Crippen molar-refractivity contribution < 1.29 is 23.8 Å². The summed E-state index contributed by atoms with van der Waals surface area (Å²) in [6.45, 7) is 8.40. The Morgan fingerprint density at radius 3 is 2.63 bits per heavy atom. The summed E-state index contributed by atoms with van der Waals surface area (Å²) in [6, 6.07) is 6.85. The third-order valence-corrected chi connectivity index (χ3v) is 6.41. The highest BCUT2D eigenvalue weighted by molar-refractivity contribution is 7.99. The fraction of sp³-hybridized carbons (Fsp3) is 0.500. The van der Waals surface area contributed by atoms with Crippen LogP contribution in [0.1, 0.15) is 38.8 Å². The van der Waals surface area contributed by atoms with Crippen LogP contribution in [0.5, 0.6) is 5.75 Å². The highest BCUT2D eigenvalue weighted by Gasteiger charge is 2.35. The fourth-order valence-corrected chi connectivity index (χ4v) is 4.52. The van der Waals surface area contributed by atoms with E-state index in [0.717, 1.165) is 17.7 Å². The monoisotopic (exact) mass is 501 g/mol. The highest BCUT2D eigenvalue weighted by Crippen LogP contribution is 2.37. The summed E-state index contributed by atoms with van der Waals surface area (Å²) >= 11 is 1.53. The maximum atomic E-state index is 13.0. The molecule has 3 heterocycles. The van der Waals surface area contributed by atoms with Crippen molar-refractivity contribution in [2.24, 2.45) is 0 Å². The molecular weight excluding hydrogens is 470 g/mol. The van der Waals surface area contributed by atoms with Gasteiger partial charge in [-0.1, -0.05) is 37.7 Å². The summed E-state index contributed by atoms with van der Waals surface area (Å²) in [5, 5.41) is 8.49. The van der Waals surface area contributed by atoms with Gasteiger partial charge in [0.2, 0.25) is 11.1 Å².